The first-order chi connectivity index (χ1) is 8.70. The molecule has 0 bridgehead atoms. The van der Waals surface area contributed by atoms with Crippen molar-refractivity contribution in [3.63, 3.8) is 0 Å². The number of H-pyrrole nitrogens is 1. The third-order valence-corrected chi connectivity index (χ3v) is 3.11. The summed E-state index contributed by atoms with van der Waals surface area (Å²) < 4.78 is 0. The second-order valence-electron chi connectivity index (χ2n) is 4.44. The molecule has 1 heterocycles. The molecule has 4 heteroatoms. The van der Waals surface area contributed by atoms with Crippen LogP contribution in [0.3, 0.4) is 0 Å². The number of fused-ring (bicyclic) bond motifs is 1. The van der Waals surface area contributed by atoms with E-state index in [4.69, 9.17) is 5.11 Å². The zero-order valence-corrected chi connectivity index (χ0v) is 10.5. The van der Waals surface area contributed by atoms with Gasteiger partial charge in [-0.2, -0.15) is 0 Å². The zero-order valence-electron chi connectivity index (χ0n) is 10.5. The van der Waals surface area contributed by atoms with E-state index < -0.39 is 0 Å². The lowest BCUT2D eigenvalue weighted by Gasteiger charge is -2.15. The molecule has 1 amide bonds. The molecular formula is C14H18N2O2. The van der Waals surface area contributed by atoms with Gasteiger partial charge in [0.25, 0.3) is 0 Å². The van der Waals surface area contributed by atoms with Crippen LogP contribution in [0.5, 0.6) is 0 Å². The summed E-state index contributed by atoms with van der Waals surface area (Å²) in [5, 5.41) is 9.94. The van der Waals surface area contributed by atoms with E-state index in [1.54, 1.807) is 11.9 Å². The number of amides is 1. The summed E-state index contributed by atoms with van der Waals surface area (Å²) in [5.74, 6) is 0.0678. The van der Waals surface area contributed by atoms with Gasteiger partial charge in [0, 0.05) is 31.7 Å². The number of hydrogen-bond donors (Lipinski definition) is 2. The quantitative estimate of drug-likeness (QED) is 0.841. The highest BCUT2D eigenvalue weighted by Gasteiger charge is 2.08. The normalized spacial score (nSPS) is 10.8. The molecule has 0 radical (unpaired) electrons. The molecule has 0 aliphatic carbocycles. The van der Waals surface area contributed by atoms with Crippen LogP contribution in [0.4, 0.5) is 0 Å². The Morgan fingerprint density at radius 1 is 1.39 bits per heavy atom. The van der Waals surface area contributed by atoms with E-state index in [2.05, 4.69) is 11.1 Å². The zero-order chi connectivity index (χ0) is 13.0. The molecule has 0 saturated heterocycles. The smallest absolute Gasteiger partial charge is 0.222 e. The van der Waals surface area contributed by atoms with Crippen LogP contribution in [0.15, 0.2) is 30.5 Å². The van der Waals surface area contributed by atoms with Crippen LogP contribution in [0.2, 0.25) is 0 Å². The Labute approximate surface area is 106 Å². The van der Waals surface area contributed by atoms with Crippen LogP contribution < -0.4 is 0 Å². The fourth-order valence-electron chi connectivity index (χ4n) is 1.98. The fourth-order valence-corrected chi connectivity index (χ4v) is 1.98. The van der Waals surface area contributed by atoms with Gasteiger partial charge < -0.3 is 15.0 Å². The minimum absolute atomic E-state index is 0.0115. The largest absolute Gasteiger partial charge is 0.395 e. The molecule has 2 N–H and O–H groups in total. The monoisotopic (exact) mass is 246 g/mol. The number of aliphatic hydroxyl groups excluding tert-OH is 1. The van der Waals surface area contributed by atoms with Gasteiger partial charge in [0.05, 0.1) is 6.61 Å². The van der Waals surface area contributed by atoms with Crippen molar-refractivity contribution in [1.29, 1.82) is 0 Å². The Morgan fingerprint density at radius 3 is 3.00 bits per heavy atom. The summed E-state index contributed by atoms with van der Waals surface area (Å²) in [6, 6.07) is 8.20. The predicted molar refractivity (Wildman–Crippen MR) is 71.3 cm³/mol. The number of rotatable bonds is 5. The Bertz CT molecular complexity index is 533. The lowest BCUT2D eigenvalue weighted by molar-refractivity contribution is -0.130. The van der Waals surface area contributed by atoms with Crippen LogP contribution in [-0.2, 0) is 11.2 Å². The molecule has 0 aliphatic rings. The molecule has 1 aromatic carbocycles. The van der Waals surface area contributed by atoms with Crippen LogP contribution in [-0.4, -0.2) is 41.1 Å². The topological polar surface area (TPSA) is 56.3 Å². The molecule has 0 spiro atoms. The number of aromatic nitrogens is 1. The number of likely N-dealkylation sites (N-methyl/N-ethyl adjacent to an activating group) is 1. The number of nitrogens with zero attached hydrogens (tertiary/aromatic N) is 1. The second-order valence-corrected chi connectivity index (χ2v) is 4.44. The Hall–Kier alpha value is -1.81. The van der Waals surface area contributed by atoms with Gasteiger partial charge >= 0.3 is 0 Å². The summed E-state index contributed by atoms with van der Waals surface area (Å²) >= 11 is 0. The number of aliphatic hydroxyl groups is 1. The van der Waals surface area contributed by atoms with Crippen molar-refractivity contribution in [3.8, 4) is 0 Å². The van der Waals surface area contributed by atoms with Crippen LogP contribution in [0.25, 0.3) is 10.9 Å². The van der Waals surface area contributed by atoms with E-state index in [-0.39, 0.29) is 12.5 Å². The van der Waals surface area contributed by atoms with E-state index in [0.29, 0.717) is 13.0 Å². The Morgan fingerprint density at radius 2 is 2.22 bits per heavy atom. The van der Waals surface area contributed by atoms with E-state index in [1.807, 2.05) is 24.4 Å². The summed E-state index contributed by atoms with van der Waals surface area (Å²) in [6.45, 7) is 0.410. The Balaban J connectivity index is 1.95. The molecule has 0 unspecified atom stereocenters. The third kappa shape index (κ3) is 2.90. The van der Waals surface area contributed by atoms with Crippen molar-refractivity contribution >= 4 is 16.8 Å². The van der Waals surface area contributed by atoms with Crippen molar-refractivity contribution in [2.24, 2.45) is 0 Å². The number of carbonyl (C=O) groups excluding carboxylic acids is 1. The fraction of sp³-hybridized carbons (Fsp3) is 0.357. The Kier molecular flexibility index (Phi) is 3.99. The lowest BCUT2D eigenvalue weighted by atomic mass is 10.1. The molecular weight excluding hydrogens is 228 g/mol. The summed E-state index contributed by atoms with van der Waals surface area (Å²) in [7, 11) is 1.72. The molecule has 0 saturated carbocycles. The standard InChI is InChI=1S/C14H18N2O2/c1-16(8-9-17)14(18)5-3-11-2-4-13-12(10-11)6-7-15-13/h2,4,6-7,10,15,17H,3,5,8-9H2,1H3. The minimum Gasteiger partial charge on any atom is -0.395 e. The molecule has 0 aliphatic heterocycles. The highest BCUT2D eigenvalue weighted by Crippen LogP contribution is 2.15. The first kappa shape index (κ1) is 12.6. The van der Waals surface area contributed by atoms with Crippen molar-refractivity contribution in [2.75, 3.05) is 20.2 Å². The first-order valence-corrected chi connectivity index (χ1v) is 6.11. The van der Waals surface area contributed by atoms with E-state index in [9.17, 15) is 4.79 Å². The summed E-state index contributed by atoms with van der Waals surface area (Å²) in [4.78, 5) is 16.4. The van der Waals surface area contributed by atoms with Crippen LogP contribution in [0.1, 0.15) is 12.0 Å². The molecule has 96 valence electrons. The van der Waals surface area contributed by atoms with Crippen LogP contribution in [0, 0.1) is 0 Å². The number of aromatic amines is 1. The number of nitrogens with one attached hydrogen (secondary N) is 1. The highest BCUT2D eigenvalue weighted by molar-refractivity contribution is 5.80. The van der Waals surface area contributed by atoms with Gasteiger partial charge in [-0.3, -0.25) is 4.79 Å². The van der Waals surface area contributed by atoms with Gasteiger partial charge in [0.2, 0.25) is 5.91 Å². The SMILES string of the molecule is CN(CCO)C(=O)CCc1ccc2[nH]ccc2c1. The number of aryl methyl sites for hydroxylation is 1. The maximum absolute atomic E-state index is 11.7. The molecule has 4 nitrogen and oxygen atoms in total. The lowest BCUT2D eigenvalue weighted by Crippen LogP contribution is -2.29. The molecule has 18 heavy (non-hydrogen) atoms. The molecule has 0 fully saturated rings. The minimum atomic E-state index is 0.0115. The summed E-state index contributed by atoms with van der Waals surface area (Å²) in [6.07, 6.45) is 3.12. The average molecular weight is 246 g/mol. The van der Waals surface area contributed by atoms with Crippen LogP contribution >= 0.6 is 0 Å². The summed E-state index contributed by atoms with van der Waals surface area (Å²) in [5.41, 5.74) is 2.27. The molecule has 0 atom stereocenters. The van der Waals surface area contributed by atoms with Crippen molar-refractivity contribution in [3.05, 3.63) is 36.0 Å². The second kappa shape index (κ2) is 5.69. The van der Waals surface area contributed by atoms with Gasteiger partial charge in [-0.1, -0.05) is 6.07 Å². The first-order valence-electron chi connectivity index (χ1n) is 6.11. The number of carbonyl (C=O) groups is 1. The maximum Gasteiger partial charge on any atom is 0.222 e. The highest BCUT2D eigenvalue weighted by atomic mass is 16.3. The van der Waals surface area contributed by atoms with Crippen molar-refractivity contribution in [2.45, 2.75) is 12.8 Å². The molecule has 2 rings (SSSR count). The van der Waals surface area contributed by atoms with Crippen molar-refractivity contribution in [1.82, 2.24) is 9.88 Å². The maximum atomic E-state index is 11.7. The van der Waals surface area contributed by atoms with E-state index in [0.717, 1.165) is 17.5 Å². The van der Waals surface area contributed by atoms with Gasteiger partial charge in [-0.25, -0.2) is 0 Å². The number of hydrogen-bond acceptors (Lipinski definition) is 2. The number of benzene rings is 1. The van der Waals surface area contributed by atoms with Gasteiger partial charge in [0.1, 0.15) is 0 Å². The van der Waals surface area contributed by atoms with E-state index in [1.165, 1.54) is 5.39 Å². The van der Waals surface area contributed by atoms with Gasteiger partial charge in [-0.15, -0.1) is 0 Å². The average Bonchev–Trinajstić information content (AvgIpc) is 2.83. The van der Waals surface area contributed by atoms with E-state index >= 15 is 0 Å². The van der Waals surface area contributed by atoms with Crippen molar-refractivity contribution < 1.29 is 9.90 Å². The molecule has 1 aromatic heterocycles. The third-order valence-electron chi connectivity index (χ3n) is 3.11. The van der Waals surface area contributed by atoms with Gasteiger partial charge in [0.15, 0.2) is 0 Å². The predicted octanol–water partition coefficient (Wildman–Crippen LogP) is 1.55. The van der Waals surface area contributed by atoms with Gasteiger partial charge in [-0.05, 0) is 35.6 Å². The molecule has 2 aromatic rings.